The lowest BCUT2D eigenvalue weighted by Gasteiger charge is -2.32. The van der Waals surface area contributed by atoms with Gasteiger partial charge in [-0.05, 0) is 30.5 Å². The topological polar surface area (TPSA) is 102 Å². The number of fused-ring (bicyclic) bond motifs is 1. The van der Waals surface area contributed by atoms with E-state index in [1.165, 1.54) is 22.1 Å². The van der Waals surface area contributed by atoms with E-state index in [2.05, 4.69) is 4.74 Å². The smallest absolute Gasteiger partial charge is 0.406 e. The Balaban J connectivity index is 1.61. The predicted octanol–water partition coefficient (Wildman–Crippen LogP) is 2.44. The van der Waals surface area contributed by atoms with Crippen LogP contribution in [-0.2, 0) is 19.2 Å². The Morgan fingerprint density at radius 3 is 2.34 bits per heavy atom. The summed E-state index contributed by atoms with van der Waals surface area (Å²) in [5.74, 6) is -2.60. The molecule has 1 saturated carbocycles. The van der Waals surface area contributed by atoms with Crippen molar-refractivity contribution in [2.75, 3.05) is 6.54 Å². The highest BCUT2D eigenvalue weighted by Crippen LogP contribution is 2.46. The summed E-state index contributed by atoms with van der Waals surface area (Å²) in [5.41, 5.74) is 5.71. The number of amides is 3. The summed E-state index contributed by atoms with van der Waals surface area (Å²) in [6.07, 6.45) is -1.50. The van der Waals surface area contributed by atoms with Crippen molar-refractivity contribution in [2.45, 2.75) is 63.1 Å². The molecule has 2 heterocycles. The number of halogens is 3. The molecule has 174 valence electrons. The summed E-state index contributed by atoms with van der Waals surface area (Å²) in [5, 5.41) is 1.37. The van der Waals surface area contributed by atoms with Gasteiger partial charge in [-0.25, -0.2) is 0 Å². The third-order valence-electron chi connectivity index (χ3n) is 6.20. The highest BCUT2D eigenvalue weighted by Gasteiger charge is 2.60. The van der Waals surface area contributed by atoms with E-state index in [0.29, 0.717) is 5.56 Å². The van der Waals surface area contributed by atoms with E-state index in [9.17, 15) is 27.6 Å². The van der Waals surface area contributed by atoms with Gasteiger partial charge in [0.1, 0.15) is 5.75 Å². The van der Waals surface area contributed by atoms with Crippen molar-refractivity contribution in [3.05, 3.63) is 29.8 Å². The van der Waals surface area contributed by atoms with Crippen molar-refractivity contribution in [2.24, 2.45) is 11.7 Å². The second-order valence-electron chi connectivity index (χ2n) is 8.31. The Kier molecular flexibility index (Phi) is 6.13. The van der Waals surface area contributed by atoms with E-state index in [-0.39, 0.29) is 24.9 Å². The fourth-order valence-corrected chi connectivity index (χ4v) is 4.84. The molecule has 32 heavy (non-hydrogen) atoms. The van der Waals surface area contributed by atoms with Gasteiger partial charge in [0.2, 0.25) is 11.8 Å². The number of alkyl halides is 3. The van der Waals surface area contributed by atoms with Crippen LogP contribution in [0.25, 0.3) is 0 Å². The molecule has 1 aliphatic carbocycles. The van der Waals surface area contributed by atoms with Gasteiger partial charge in [0.05, 0.1) is 12.0 Å². The molecule has 2 saturated heterocycles. The first-order valence-corrected chi connectivity index (χ1v) is 10.6. The van der Waals surface area contributed by atoms with Gasteiger partial charge in [-0.3, -0.25) is 24.1 Å². The Labute approximate surface area is 182 Å². The van der Waals surface area contributed by atoms with Crippen LogP contribution < -0.4 is 10.5 Å². The lowest BCUT2D eigenvalue weighted by atomic mass is 9.90. The maximum atomic E-state index is 13.4. The van der Waals surface area contributed by atoms with Crippen LogP contribution in [0.5, 0.6) is 5.75 Å². The predicted molar refractivity (Wildman–Crippen MR) is 103 cm³/mol. The maximum Gasteiger partial charge on any atom is 0.573 e. The second kappa shape index (κ2) is 8.70. The van der Waals surface area contributed by atoms with Crippen LogP contribution in [0, 0.1) is 5.92 Å². The Morgan fingerprint density at radius 2 is 1.75 bits per heavy atom. The molecule has 3 amide bonds. The van der Waals surface area contributed by atoms with Crippen molar-refractivity contribution in [3.63, 3.8) is 0 Å². The average Bonchev–Trinajstić information content (AvgIpc) is 3.22. The number of hydrogen-bond donors (Lipinski definition) is 1. The summed E-state index contributed by atoms with van der Waals surface area (Å²) in [6.45, 7) is 0.0395. The van der Waals surface area contributed by atoms with Crippen molar-refractivity contribution in [3.8, 4) is 5.75 Å². The first kappa shape index (κ1) is 22.5. The van der Waals surface area contributed by atoms with Crippen LogP contribution in [0.2, 0.25) is 0 Å². The number of carbonyl (C=O) groups excluding carboxylic acids is 3. The summed E-state index contributed by atoms with van der Waals surface area (Å²) in [6, 6.07) is 4.17. The largest absolute Gasteiger partial charge is 0.573 e. The molecule has 3 atom stereocenters. The molecular formula is C21H24F3N3O5. The molecule has 0 bridgehead atoms. The fraction of sp³-hybridized carbons (Fsp3) is 0.571. The van der Waals surface area contributed by atoms with Gasteiger partial charge in [-0.2, -0.15) is 5.06 Å². The number of likely N-dealkylation sites (tertiary alicyclic amines) is 1. The first-order chi connectivity index (χ1) is 15.2. The molecule has 3 aliphatic rings. The minimum Gasteiger partial charge on any atom is -0.406 e. The molecule has 0 spiro atoms. The van der Waals surface area contributed by atoms with Crippen molar-refractivity contribution in [1.82, 2.24) is 9.96 Å². The third kappa shape index (κ3) is 4.44. The molecular weight excluding hydrogens is 431 g/mol. The number of nitrogens with zero attached hydrogens (tertiary/aromatic N) is 2. The summed E-state index contributed by atoms with van der Waals surface area (Å²) in [7, 11) is 0. The van der Waals surface area contributed by atoms with Crippen molar-refractivity contribution < 1.29 is 37.1 Å². The van der Waals surface area contributed by atoms with E-state index in [4.69, 9.17) is 10.6 Å². The number of imide groups is 1. The summed E-state index contributed by atoms with van der Waals surface area (Å²) in [4.78, 5) is 44.9. The normalized spacial score (nSPS) is 27.1. The van der Waals surface area contributed by atoms with Crippen LogP contribution in [-0.4, -0.2) is 52.7 Å². The van der Waals surface area contributed by atoms with E-state index < -0.39 is 42.0 Å². The minimum atomic E-state index is -4.83. The Hall–Kier alpha value is -2.66. The molecule has 3 fully saturated rings. The first-order valence-electron chi connectivity index (χ1n) is 10.6. The van der Waals surface area contributed by atoms with Crippen LogP contribution in [0.15, 0.2) is 24.3 Å². The van der Waals surface area contributed by atoms with Crippen LogP contribution in [0.4, 0.5) is 13.2 Å². The molecule has 2 aliphatic heterocycles. The molecule has 8 nitrogen and oxygen atoms in total. The highest BCUT2D eigenvalue weighted by atomic mass is 19.4. The van der Waals surface area contributed by atoms with Gasteiger partial charge in [0.25, 0.3) is 5.91 Å². The zero-order valence-corrected chi connectivity index (χ0v) is 17.2. The monoisotopic (exact) mass is 455 g/mol. The third-order valence-corrected chi connectivity index (χ3v) is 6.20. The van der Waals surface area contributed by atoms with E-state index in [0.717, 1.165) is 44.2 Å². The van der Waals surface area contributed by atoms with Crippen molar-refractivity contribution >= 4 is 17.7 Å². The Morgan fingerprint density at radius 1 is 1.09 bits per heavy atom. The Bertz CT molecular complexity index is 886. The molecule has 0 aromatic heterocycles. The highest BCUT2D eigenvalue weighted by molar-refractivity contribution is 6.07. The van der Waals surface area contributed by atoms with Crippen LogP contribution in [0.3, 0.4) is 0 Å². The zero-order valence-electron chi connectivity index (χ0n) is 17.2. The van der Waals surface area contributed by atoms with E-state index in [1.807, 2.05) is 0 Å². The standard InChI is InChI=1S/C21H24F3N3O5/c22-21(23,24)31-14-8-6-12(7-9-14)17-16-18(32-26(17)11-10-15(25)28)20(30)27(19(16)29)13-4-2-1-3-5-13/h6-9,13,16-18H,1-5,10-11H2,(H2,25,28). The number of rotatable bonds is 6. The quantitative estimate of drug-likeness (QED) is 0.661. The molecule has 2 N–H and O–H groups in total. The molecule has 11 heteroatoms. The van der Waals surface area contributed by atoms with Gasteiger partial charge >= 0.3 is 6.36 Å². The number of hydroxylamine groups is 2. The van der Waals surface area contributed by atoms with Crippen molar-refractivity contribution in [1.29, 1.82) is 0 Å². The molecule has 1 aromatic carbocycles. The van der Waals surface area contributed by atoms with Gasteiger partial charge in [-0.15, -0.1) is 13.2 Å². The molecule has 0 radical (unpaired) electrons. The maximum absolute atomic E-state index is 13.4. The number of benzene rings is 1. The number of nitrogens with two attached hydrogens (primary N) is 1. The SMILES string of the molecule is NC(=O)CCN1OC2C(=O)N(C3CCCCC3)C(=O)C2C1c1ccc(OC(F)(F)F)cc1. The van der Waals surface area contributed by atoms with Gasteiger partial charge in [0, 0.05) is 19.0 Å². The molecule has 3 unspecified atom stereocenters. The number of carbonyl (C=O) groups is 3. The number of ether oxygens (including phenoxy) is 1. The average molecular weight is 455 g/mol. The van der Waals surface area contributed by atoms with Gasteiger partial charge in [0.15, 0.2) is 6.10 Å². The van der Waals surface area contributed by atoms with Crippen LogP contribution in [0.1, 0.15) is 50.1 Å². The van der Waals surface area contributed by atoms with E-state index >= 15 is 0 Å². The summed E-state index contributed by atoms with van der Waals surface area (Å²) < 4.78 is 41.4. The summed E-state index contributed by atoms with van der Waals surface area (Å²) >= 11 is 0. The zero-order chi connectivity index (χ0) is 23.0. The fourth-order valence-electron chi connectivity index (χ4n) is 4.84. The number of primary amides is 1. The number of hydrogen-bond acceptors (Lipinski definition) is 6. The van der Waals surface area contributed by atoms with Crippen LogP contribution >= 0.6 is 0 Å². The van der Waals surface area contributed by atoms with Gasteiger partial charge < -0.3 is 10.5 Å². The minimum absolute atomic E-state index is 0.0395. The van der Waals surface area contributed by atoms with E-state index in [1.54, 1.807) is 0 Å². The molecule has 1 aromatic rings. The lowest BCUT2D eigenvalue weighted by Crippen LogP contribution is -2.44. The second-order valence-corrected chi connectivity index (χ2v) is 8.31. The van der Waals surface area contributed by atoms with Gasteiger partial charge in [-0.1, -0.05) is 31.4 Å². The molecule has 4 rings (SSSR count). The lowest BCUT2D eigenvalue weighted by molar-refractivity contribution is -0.274.